The number of halogens is 2. The van der Waals surface area contributed by atoms with Crippen molar-refractivity contribution in [3.63, 3.8) is 0 Å². The van der Waals surface area contributed by atoms with E-state index in [0.29, 0.717) is 27.2 Å². The van der Waals surface area contributed by atoms with Crippen molar-refractivity contribution >= 4 is 34.8 Å². The quantitative estimate of drug-likeness (QED) is 0.802. The standard InChI is InChI=1S/C11H12Cl2N2O/c1-5-2-9(5)15-11(16)6-3-7(12)10(14)8(13)4-6/h3-5,9H,2,14H2,1H3,(H,15,16). The van der Waals surface area contributed by atoms with Gasteiger partial charge in [0.1, 0.15) is 0 Å². The fourth-order valence-electron chi connectivity index (χ4n) is 1.49. The summed E-state index contributed by atoms with van der Waals surface area (Å²) in [4.78, 5) is 11.8. The Balaban J connectivity index is 2.17. The highest BCUT2D eigenvalue weighted by Gasteiger charge is 2.34. The van der Waals surface area contributed by atoms with E-state index in [9.17, 15) is 4.79 Å². The highest BCUT2D eigenvalue weighted by Crippen LogP contribution is 2.31. The molecule has 1 fully saturated rings. The second-order valence-corrected chi connectivity index (χ2v) is 4.96. The SMILES string of the molecule is CC1CC1NC(=O)c1cc(Cl)c(N)c(Cl)c1. The molecule has 1 aliphatic rings. The first-order valence-electron chi connectivity index (χ1n) is 5.04. The smallest absolute Gasteiger partial charge is 0.251 e. The first-order chi connectivity index (χ1) is 7.49. The molecule has 5 heteroatoms. The maximum atomic E-state index is 11.8. The average molecular weight is 259 g/mol. The molecule has 3 nitrogen and oxygen atoms in total. The Kier molecular flexibility index (Phi) is 3.00. The topological polar surface area (TPSA) is 55.1 Å². The summed E-state index contributed by atoms with van der Waals surface area (Å²) in [5, 5.41) is 3.51. The maximum absolute atomic E-state index is 11.8. The number of nitrogens with two attached hydrogens (primary N) is 1. The summed E-state index contributed by atoms with van der Waals surface area (Å²) in [7, 11) is 0. The van der Waals surface area contributed by atoms with Crippen LogP contribution in [-0.4, -0.2) is 11.9 Å². The van der Waals surface area contributed by atoms with Crippen molar-refractivity contribution in [1.29, 1.82) is 0 Å². The fourth-order valence-corrected chi connectivity index (χ4v) is 1.98. The molecule has 0 saturated heterocycles. The molecule has 1 aromatic carbocycles. The number of hydrogen-bond donors (Lipinski definition) is 2. The van der Waals surface area contributed by atoms with Gasteiger partial charge in [-0.15, -0.1) is 0 Å². The van der Waals surface area contributed by atoms with Crippen LogP contribution >= 0.6 is 23.2 Å². The van der Waals surface area contributed by atoms with Crippen molar-refractivity contribution < 1.29 is 4.79 Å². The van der Waals surface area contributed by atoms with Crippen molar-refractivity contribution in [2.75, 3.05) is 5.73 Å². The highest BCUT2D eigenvalue weighted by atomic mass is 35.5. The van der Waals surface area contributed by atoms with Crippen molar-refractivity contribution in [2.24, 2.45) is 5.92 Å². The van der Waals surface area contributed by atoms with Gasteiger partial charge in [-0.05, 0) is 24.5 Å². The average Bonchev–Trinajstić information content (AvgIpc) is 2.90. The summed E-state index contributed by atoms with van der Waals surface area (Å²) in [6.07, 6.45) is 1.03. The molecule has 16 heavy (non-hydrogen) atoms. The molecule has 3 N–H and O–H groups in total. The summed E-state index contributed by atoms with van der Waals surface area (Å²) in [5.74, 6) is 0.404. The fraction of sp³-hybridized carbons (Fsp3) is 0.364. The van der Waals surface area contributed by atoms with Gasteiger partial charge < -0.3 is 11.1 Å². The van der Waals surface area contributed by atoms with Gasteiger partial charge in [-0.1, -0.05) is 30.1 Å². The number of nitrogen functional groups attached to an aromatic ring is 1. The first-order valence-corrected chi connectivity index (χ1v) is 5.80. The van der Waals surface area contributed by atoms with Crippen LogP contribution in [0.2, 0.25) is 10.0 Å². The Morgan fingerprint density at radius 3 is 2.38 bits per heavy atom. The van der Waals surface area contributed by atoms with E-state index in [-0.39, 0.29) is 11.9 Å². The van der Waals surface area contributed by atoms with Crippen molar-refractivity contribution in [2.45, 2.75) is 19.4 Å². The van der Waals surface area contributed by atoms with Crippen LogP contribution in [0.15, 0.2) is 12.1 Å². The third-order valence-corrected chi connectivity index (χ3v) is 3.39. The summed E-state index contributed by atoms with van der Waals surface area (Å²) < 4.78 is 0. The number of anilines is 1. The Morgan fingerprint density at radius 1 is 1.44 bits per heavy atom. The van der Waals surface area contributed by atoms with Gasteiger partial charge in [-0.3, -0.25) is 4.79 Å². The second-order valence-electron chi connectivity index (χ2n) is 4.15. The number of carbonyl (C=O) groups is 1. The molecule has 1 amide bonds. The van der Waals surface area contributed by atoms with E-state index in [2.05, 4.69) is 12.2 Å². The van der Waals surface area contributed by atoms with E-state index >= 15 is 0 Å². The van der Waals surface area contributed by atoms with E-state index in [0.717, 1.165) is 6.42 Å². The van der Waals surface area contributed by atoms with Crippen LogP contribution in [0, 0.1) is 5.92 Å². The number of amides is 1. The lowest BCUT2D eigenvalue weighted by Crippen LogP contribution is -2.26. The van der Waals surface area contributed by atoms with E-state index in [4.69, 9.17) is 28.9 Å². The molecule has 86 valence electrons. The largest absolute Gasteiger partial charge is 0.396 e. The third-order valence-electron chi connectivity index (χ3n) is 2.77. The van der Waals surface area contributed by atoms with Crippen molar-refractivity contribution in [3.05, 3.63) is 27.7 Å². The Morgan fingerprint density at radius 2 is 1.94 bits per heavy atom. The summed E-state index contributed by atoms with van der Waals surface area (Å²) in [6, 6.07) is 3.35. The normalized spacial score (nSPS) is 22.9. The van der Waals surface area contributed by atoms with E-state index in [1.807, 2.05) is 0 Å². The van der Waals surface area contributed by atoms with Crippen LogP contribution in [0.1, 0.15) is 23.7 Å². The van der Waals surface area contributed by atoms with Gasteiger partial charge in [-0.25, -0.2) is 0 Å². The predicted octanol–water partition coefficient (Wildman–Crippen LogP) is 2.71. The lowest BCUT2D eigenvalue weighted by Gasteiger charge is -2.07. The van der Waals surface area contributed by atoms with Gasteiger partial charge in [0.15, 0.2) is 0 Å². The minimum atomic E-state index is -0.154. The van der Waals surface area contributed by atoms with Crippen LogP contribution in [0.5, 0.6) is 0 Å². The predicted molar refractivity (Wildman–Crippen MR) is 65.9 cm³/mol. The Labute approximate surface area is 104 Å². The molecule has 1 saturated carbocycles. The molecule has 0 aliphatic heterocycles. The third kappa shape index (κ3) is 2.25. The molecular formula is C11H12Cl2N2O. The summed E-state index contributed by atoms with van der Waals surface area (Å²) in [5.41, 5.74) is 6.34. The molecule has 1 aliphatic carbocycles. The minimum Gasteiger partial charge on any atom is -0.396 e. The molecule has 2 atom stereocenters. The van der Waals surface area contributed by atoms with Crippen LogP contribution in [0.25, 0.3) is 0 Å². The van der Waals surface area contributed by atoms with Crippen molar-refractivity contribution in [3.8, 4) is 0 Å². The number of rotatable bonds is 2. The van der Waals surface area contributed by atoms with E-state index in [1.165, 1.54) is 12.1 Å². The monoisotopic (exact) mass is 258 g/mol. The molecule has 0 bridgehead atoms. The lowest BCUT2D eigenvalue weighted by molar-refractivity contribution is 0.0949. The van der Waals surface area contributed by atoms with Crippen LogP contribution in [0.3, 0.4) is 0 Å². The van der Waals surface area contributed by atoms with Crippen LogP contribution < -0.4 is 11.1 Å². The second kappa shape index (κ2) is 4.15. The zero-order valence-corrected chi connectivity index (χ0v) is 10.3. The molecule has 0 aromatic heterocycles. The summed E-state index contributed by atoms with van der Waals surface area (Å²) in [6.45, 7) is 2.09. The molecule has 2 unspecified atom stereocenters. The lowest BCUT2D eigenvalue weighted by atomic mass is 10.2. The van der Waals surface area contributed by atoms with E-state index < -0.39 is 0 Å². The van der Waals surface area contributed by atoms with E-state index in [1.54, 1.807) is 0 Å². The zero-order chi connectivity index (χ0) is 11.9. The van der Waals surface area contributed by atoms with Gasteiger partial charge >= 0.3 is 0 Å². The van der Waals surface area contributed by atoms with Gasteiger partial charge in [0.2, 0.25) is 0 Å². The zero-order valence-electron chi connectivity index (χ0n) is 8.76. The molecular weight excluding hydrogens is 247 g/mol. The number of nitrogens with one attached hydrogen (secondary N) is 1. The first kappa shape index (κ1) is 11.6. The van der Waals surface area contributed by atoms with Gasteiger partial charge in [0, 0.05) is 11.6 Å². The number of carbonyl (C=O) groups excluding carboxylic acids is 1. The summed E-state index contributed by atoms with van der Waals surface area (Å²) >= 11 is 11.7. The van der Waals surface area contributed by atoms with Crippen molar-refractivity contribution in [1.82, 2.24) is 5.32 Å². The molecule has 0 heterocycles. The highest BCUT2D eigenvalue weighted by molar-refractivity contribution is 6.39. The Hall–Kier alpha value is -0.930. The van der Waals surface area contributed by atoms with Crippen LogP contribution in [-0.2, 0) is 0 Å². The molecule has 0 radical (unpaired) electrons. The molecule has 1 aromatic rings. The van der Waals surface area contributed by atoms with Gasteiger partial charge in [0.25, 0.3) is 5.91 Å². The minimum absolute atomic E-state index is 0.154. The van der Waals surface area contributed by atoms with Crippen LogP contribution in [0.4, 0.5) is 5.69 Å². The maximum Gasteiger partial charge on any atom is 0.251 e. The molecule has 2 rings (SSSR count). The van der Waals surface area contributed by atoms with Gasteiger partial charge in [0.05, 0.1) is 15.7 Å². The molecule has 0 spiro atoms. The number of benzene rings is 1. The number of hydrogen-bond acceptors (Lipinski definition) is 2. The van der Waals surface area contributed by atoms with Gasteiger partial charge in [-0.2, -0.15) is 0 Å². The Bertz CT molecular complexity index is 425.